The molecule has 0 bridgehead atoms. The van der Waals surface area contributed by atoms with Crippen molar-refractivity contribution < 1.29 is 4.92 Å². The van der Waals surface area contributed by atoms with Gasteiger partial charge in [-0.2, -0.15) is 0 Å². The van der Waals surface area contributed by atoms with Crippen molar-refractivity contribution in [3.8, 4) is 0 Å². The third-order valence-electron chi connectivity index (χ3n) is 5.09. The van der Waals surface area contributed by atoms with Gasteiger partial charge in [0.25, 0.3) is 0 Å². The fraction of sp³-hybridized carbons (Fsp3) is 0.238. The lowest BCUT2D eigenvalue weighted by atomic mass is 10.2. The highest BCUT2D eigenvalue weighted by atomic mass is 35.5. The number of hydrogen-bond donors (Lipinski definition) is 1. The van der Waals surface area contributed by atoms with E-state index in [1.165, 1.54) is 11.9 Å². The Hall–Kier alpha value is -2.94. The monoisotopic (exact) mass is 458 g/mol. The van der Waals surface area contributed by atoms with Gasteiger partial charge in [0.15, 0.2) is 0 Å². The van der Waals surface area contributed by atoms with E-state index in [4.69, 9.17) is 23.2 Å². The highest BCUT2D eigenvalue weighted by molar-refractivity contribution is 6.36. The predicted molar refractivity (Wildman–Crippen MR) is 122 cm³/mol. The average Bonchev–Trinajstić information content (AvgIpc) is 2.77. The molecule has 1 N–H and O–H groups in total. The number of nitro groups is 1. The number of piperazine rings is 1. The maximum Gasteiger partial charge on any atom is 0.353 e. The van der Waals surface area contributed by atoms with Crippen LogP contribution in [0.5, 0.6) is 0 Å². The van der Waals surface area contributed by atoms with Gasteiger partial charge in [-0.3, -0.25) is 15.0 Å². The van der Waals surface area contributed by atoms with Crippen LogP contribution in [0, 0.1) is 10.1 Å². The molecule has 0 atom stereocenters. The van der Waals surface area contributed by atoms with Crippen LogP contribution < -0.4 is 10.2 Å². The standard InChI is InChI=1S/C21H20Cl2N6O2/c22-16-6-7-18(17(23)12-16)26-20-19(29(30)31)21(25-14-24-20)28-10-8-27(9-11-28)13-15-4-2-1-3-5-15/h1-7,12,14H,8-11,13H2,(H,24,25,26). The minimum atomic E-state index is -0.460. The van der Waals surface area contributed by atoms with Gasteiger partial charge >= 0.3 is 5.69 Å². The average molecular weight is 459 g/mol. The van der Waals surface area contributed by atoms with Gasteiger partial charge in [-0.05, 0) is 23.8 Å². The molecule has 1 aromatic heterocycles. The first kappa shape index (κ1) is 21.3. The van der Waals surface area contributed by atoms with Crippen molar-refractivity contribution in [3.05, 3.63) is 80.6 Å². The van der Waals surface area contributed by atoms with Crippen molar-refractivity contribution in [2.45, 2.75) is 6.54 Å². The van der Waals surface area contributed by atoms with Crippen LogP contribution in [0.3, 0.4) is 0 Å². The fourth-order valence-corrected chi connectivity index (χ4v) is 3.99. The van der Waals surface area contributed by atoms with E-state index in [0.29, 0.717) is 34.6 Å². The molecular formula is C21H20Cl2N6O2. The Balaban J connectivity index is 1.52. The molecule has 8 nitrogen and oxygen atoms in total. The van der Waals surface area contributed by atoms with E-state index in [1.807, 2.05) is 23.1 Å². The van der Waals surface area contributed by atoms with E-state index in [1.54, 1.807) is 18.2 Å². The van der Waals surface area contributed by atoms with E-state index in [-0.39, 0.29) is 11.5 Å². The van der Waals surface area contributed by atoms with Gasteiger partial charge in [0.1, 0.15) is 6.33 Å². The summed E-state index contributed by atoms with van der Waals surface area (Å²) >= 11 is 12.1. The molecule has 0 unspecified atom stereocenters. The molecule has 1 saturated heterocycles. The Morgan fingerprint density at radius 1 is 1.03 bits per heavy atom. The number of halogens is 2. The van der Waals surface area contributed by atoms with Crippen molar-refractivity contribution in [1.82, 2.24) is 14.9 Å². The third-order valence-corrected chi connectivity index (χ3v) is 5.64. The van der Waals surface area contributed by atoms with Crippen LogP contribution in [0.4, 0.5) is 23.0 Å². The molecule has 0 radical (unpaired) electrons. The predicted octanol–water partition coefficient (Wildman–Crippen LogP) is 4.76. The highest BCUT2D eigenvalue weighted by Crippen LogP contribution is 2.36. The largest absolute Gasteiger partial charge is 0.353 e. The van der Waals surface area contributed by atoms with Gasteiger partial charge in [-0.1, -0.05) is 53.5 Å². The summed E-state index contributed by atoms with van der Waals surface area (Å²) in [6.45, 7) is 3.67. The normalized spacial score (nSPS) is 14.5. The summed E-state index contributed by atoms with van der Waals surface area (Å²) in [6, 6.07) is 15.1. The molecule has 4 rings (SSSR count). The van der Waals surface area contributed by atoms with Crippen LogP contribution >= 0.6 is 23.2 Å². The first-order chi connectivity index (χ1) is 15.0. The Labute approximate surface area is 189 Å². The highest BCUT2D eigenvalue weighted by Gasteiger charge is 2.29. The van der Waals surface area contributed by atoms with Crippen LogP contribution in [0.2, 0.25) is 10.0 Å². The Morgan fingerprint density at radius 2 is 1.77 bits per heavy atom. The lowest BCUT2D eigenvalue weighted by Crippen LogP contribution is -2.46. The van der Waals surface area contributed by atoms with Crippen LogP contribution in [0.15, 0.2) is 54.9 Å². The molecule has 1 fully saturated rings. The molecule has 2 heterocycles. The molecule has 3 aromatic rings. The van der Waals surface area contributed by atoms with Gasteiger partial charge < -0.3 is 10.2 Å². The maximum atomic E-state index is 11.9. The summed E-state index contributed by atoms with van der Waals surface area (Å²) in [6.07, 6.45) is 1.32. The van der Waals surface area contributed by atoms with Crippen LogP contribution in [-0.4, -0.2) is 46.0 Å². The number of nitrogens with one attached hydrogen (secondary N) is 1. The van der Waals surface area contributed by atoms with Gasteiger partial charge in [-0.25, -0.2) is 9.97 Å². The summed E-state index contributed by atoms with van der Waals surface area (Å²) in [5, 5.41) is 15.7. The van der Waals surface area contributed by atoms with Crippen molar-refractivity contribution in [2.75, 3.05) is 36.4 Å². The molecule has 0 aliphatic carbocycles. The van der Waals surface area contributed by atoms with E-state index in [0.717, 1.165) is 19.6 Å². The molecule has 0 saturated carbocycles. The van der Waals surface area contributed by atoms with Gasteiger partial charge in [-0.15, -0.1) is 0 Å². The number of benzene rings is 2. The molecule has 2 aromatic carbocycles. The zero-order valence-electron chi connectivity index (χ0n) is 16.5. The van der Waals surface area contributed by atoms with Crippen LogP contribution in [-0.2, 0) is 6.54 Å². The smallest absolute Gasteiger partial charge is 0.348 e. The van der Waals surface area contributed by atoms with Crippen molar-refractivity contribution >= 4 is 46.2 Å². The number of hydrogen-bond acceptors (Lipinski definition) is 7. The Kier molecular flexibility index (Phi) is 6.50. The summed E-state index contributed by atoms with van der Waals surface area (Å²) in [4.78, 5) is 24.0. The minimum Gasteiger partial charge on any atom is -0.348 e. The molecule has 0 spiro atoms. The quantitative estimate of drug-likeness (QED) is 0.420. The minimum absolute atomic E-state index is 0.0888. The second kappa shape index (κ2) is 9.47. The van der Waals surface area contributed by atoms with E-state index < -0.39 is 4.92 Å². The second-order valence-electron chi connectivity index (χ2n) is 7.15. The van der Waals surface area contributed by atoms with E-state index in [2.05, 4.69) is 32.3 Å². The first-order valence-corrected chi connectivity index (χ1v) is 10.5. The molecule has 0 amide bonds. The summed E-state index contributed by atoms with van der Waals surface area (Å²) < 4.78 is 0. The van der Waals surface area contributed by atoms with Gasteiger partial charge in [0.2, 0.25) is 11.6 Å². The molecule has 10 heteroatoms. The molecule has 1 aliphatic rings. The Morgan fingerprint density at radius 3 is 2.45 bits per heavy atom. The zero-order valence-corrected chi connectivity index (χ0v) is 18.1. The van der Waals surface area contributed by atoms with Crippen LogP contribution in [0.25, 0.3) is 0 Å². The summed E-state index contributed by atoms with van der Waals surface area (Å²) in [7, 11) is 0. The van der Waals surface area contributed by atoms with E-state index in [9.17, 15) is 10.1 Å². The van der Waals surface area contributed by atoms with Crippen LogP contribution in [0.1, 0.15) is 5.56 Å². The first-order valence-electron chi connectivity index (χ1n) is 9.74. The number of aromatic nitrogens is 2. The van der Waals surface area contributed by atoms with Crippen molar-refractivity contribution in [1.29, 1.82) is 0 Å². The molecular weight excluding hydrogens is 439 g/mol. The lowest BCUT2D eigenvalue weighted by Gasteiger charge is -2.35. The second-order valence-corrected chi connectivity index (χ2v) is 7.99. The maximum absolute atomic E-state index is 11.9. The third kappa shape index (κ3) is 5.04. The molecule has 1 aliphatic heterocycles. The Bertz CT molecular complexity index is 1070. The topological polar surface area (TPSA) is 87.4 Å². The molecule has 160 valence electrons. The fourth-order valence-electron chi connectivity index (χ4n) is 3.54. The number of anilines is 3. The van der Waals surface area contributed by atoms with Crippen molar-refractivity contribution in [2.24, 2.45) is 0 Å². The van der Waals surface area contributed by atoms with Gasteiger partial charge in [0.05, 0.1) is 15.6 Å². The number of rotatable bonds is 6. The van der Waals surface area contributed by atoms with Crippen molar-refractivity contribution in [3.63, 3.8) is 0 Å². The summed E-state index contributed by atoms with van der Waals surface area (Å²) in [5.74, 6) is 0.387. The lowest BCUT2D eigenvalue weighted by molar-refractivity contribution is -0.383. The number of nitrogens with zero attached hydrogens (tertiary/aromatic N) is 5. The van der Waals surface area contributed by atoms with E-state index >= 15 is 0 Å². The summed E-state index contributed by atoms with van der Waals surface area (Å²) in [5.41, 5.74) is 1.55. The zero-order chi connectivity index (χ0) is 21.8. The molecule has 31 heavy (non-hydrogen) atoms. The SMILES string of the molecule is O=[N+]([O-])c1c(Nc2ccc(Cl)cc2Cl)ncnc1N1CCN(Cc2ccccc2)CC1. The van der Waals surface area contributed by atoms with Gasteiger partial charge in [0, 0.05) is 37.7 Å².